The topological polar surface area (TPSA) is 72.7 Å². The van der Waals surface area contributed by atoms with Gasteiger partial charge in [0, 0.05) is 56.1 Å². The van der Waals surface area contributed by atoms with Gasteiger partial charge in [-0.05, 0) is 42.5 Å². The van der Waals surface area contributed by atoms with Gasteiger partial charge in [0.2, 0.25) is 17.4 Å². The van der Waals surface area contributed by atoms with Crippen LogP contribution in [0.25, 0.3) is 23.3 Å². The van der Waals surface area contributed by atoms with Crippen molar-refractivity contribution in [2.45, 2.75) is 13.8 Å². The van der Waals surface area contributed by atoms with Gasteiger partial charge in [0.05, 0.1) is 22.5 Å². The van der Waals surface area contributed by atoms with Crippen molar-refractivity contribution in [3.8, 4) is 0 Å². The minimum Gasteiger partial charge on any atom is -0.358 e. The molecular formula is C34H18F10N4O. The van der Waals surface area contributed by atoms with Crippen LogP contribution in [-0.2, 0) is 4.79 Å². The van der Waals surface area contributed by atoms with Gasteiger partial charge >= 0.3 is 0 Å². The number of ketones is 1. The molecule has 0 atom stereocenters. The quantitative estimate of drug-likeness (QED) is 0.117. The lowest BCUT2D eigenvalue weighted by Crippen LogP contribution is -2.23. The largest absolute Gasteiger partial charge is 0.358 e. The molecule has 2 aromatic carbocycles. The van der Waals surface area contributed by atoms with Crippen molar-refractivity contribution in [1.29, 1.82) is 0 Å². The molecule has 3 aliphatic rings. The van der Waals surface area contributed by atoms with E-state index in [1.807, 2.05) is 19.9 Å². The summed E-state index contributed by atoms with van der Waals surface area (Å²) in [5, 5.41) is 5.55. The molecule has 0 aliphatic carbocycles. The number of aromatic amines is 2. The highest BCUT2D eigenvalue weighted by atomic mass is 19.2. The minimum atomic E-state index is -2.47. The van der Waals surface area contributed by atoms with Crippen molar-refractivity contribution >= 4 is 29.1 Å². The maximum atomic E-state index is 15.4. The van der Waals surface area contributed by atoms with E-state index in [0.29, 0.717) is 17.5 Å². The van der Waals surface area contributed by atoms with E-state index >= 15 is 17.6 Å². The fourth-order valence-corrected chi connectivity index (χ4v) is 5.94. The zero-order valence-corrected chi connectivity index (χ0v) is 24.8. The molecule has 2 aromatic heterocycles. The Balaban J connectivity index is 1.61. The monoisotopic (exact) mass is 688 g/mol. The standard InChI is InChI=1S/C34H18F10N4O/c1-34(2)10-13-7-11-3-5-14(45-11)19(21-23(35)27(39)31(43)28(40)24(21)36)16-9-17(49)33(48-16)20(15-6-4-12(46-15)8-18(34)47-13)22-25(37)29(41)32(44)30(42)26(22)38/h3-10,45-48H,1-2H3. The Hall–Kier alpha value is -5.73. The van der Waals surface area contributed by atoms with Crippen LogP contribution >= 0.6 is 0 Å². The van der Waals surface area contributed by atoms with Gasteiger partial charge in [0.15, 0.2) is 46.5 Å². The number of carbonyl (C=O) groups excluding carboxylic acids is 1. The van der Waals surface area contributed by atoms with Gasteiger partial charge in [-0.3, -0.25) is 4.79 Å². The number of benzene rings is 2. The summed E-state index contributed by atoms with van der Waals surface area (Å²) < 4.78 is 148. The fraction of sp³-hybridized carbons (Fsp3) is 0.0882. The summed E-state index contributed by atoms with van der Waals surface area (Å²) in [6.07, 6.45) is 5.62. The summed E-state index contributed by atoms with van der Waals surface area (Å²) >= 11 is 0. The van der Waals surface area contributed by atoms with E-state index in [9.17, 15) is 31.1 Å². The Morgan fingerprint density at radius 1 is 0.571 bits per heavy atom. The van der Waals surface area contributed by atoms with Crippen LogP contribution in [0.3, 0.4) is 0 Å². The Morgan fingerprint density at radius 2 is 1.12 bits per heavy atom. The molecule has 3 aliphatic heterocycles. The number of hydrogen-bond acceptors (Lipinski definition) is 3. The van der Waals surface area contributed by atoms with E-state index in [2.05, 4.69) is 20.6 Å². The first-order chi connectivity index (χ1) is 23.1. The lowest BCUT2D eigenvalue weighted by Gasteiger charge is -2.18. The predicted octanol–water partition coefficient (Wildman–Crippen LogP) is 6.10. The Bertz CT molecular complexity index is 2390. The molecule has 4 aromatic rings. The van der Waals surface area contributed by atoms with E-state index < -0.39 is 103 Å². The van der Waals surface area contributed by atoms with Crippen molar-refractivity contribution in [2.24, 2.45) is 5.41 Å². The second-order valence-corrected chi connectivity index (χ2v) is 11.9. The SMILES string of the molecule is CC1(C)C=C2C=c3ccc([nH]3)=C(c3c(F)c(F)c(F)c(F)c3F)C3=CC(=O)C(=C(c4c(F)c(F)c(F)c(F)c4F)c4ccc([nH]4)C=C1N2)N3. The highest BCUT2D eigenvalue weighted by Gasteiger charge is 2.37. The molecule has 0 saturated carbocycles. The number of rotatable bonds is 2. The molecule has 0 saturated heterocycles. The molecule has 4 N–H and O–H groups in total. The molecule has 0 amide bonds. The normalized spacial score (nSPS) is 16.7. The number of nitrogens with one attached hydrogen (secondary N) is 4. The third-order valence-corrected chi connectivity index (χ3v) is 8.28. The third-order valence-electron chi connectivity index (χ3n) is 8.28. The molecule has 250 valence electrons. The van der Waals surface area contributed by atoms with Crippen LogP contribution in [0, 0.1) is 63.6 Å². The summed E-state index contributed by atoms with van der Waals surface area (Å²) in [5.41, 5.74) is -5.87. The average Bonchev–Trinajstić information content (AvgIpc) is 3.85. The van der Waals surface area contributed by atoms with Gasteiger partial charge in [0.25, 0.3) is 0 Å². The minimum absolute atomic E-state index is 0.253. The maximum Gasteiger partial charge on any atom is 0.204 e. The summed E-state index contributed by atoms with van der Waals surface area (Å²) in [4.78, 5) is 19.2. The summed E-state index contributed by atoms with van der Waals surface area (Å²) in [7, 11) is 0. The number of H-pyrrole nitrogens is 2. The van der Waals surface area contributed by atoms with Crippen LogP contribution < -0.4 is 21.3 Å². The summed E-state index contributed by atoms with van der Waals surface area (Å²) in [6, 6.07) is 5.20. The molecule has 7 rings (SSSR count). The lowest BCUT2D eigenvalue weighted by molar-refractivity contribution is -0.111. The molecule has 15 heteroatoms. The van der Waals surface area contributed by atoms with E-state index in [1.165, 1.54) is 24.3 Å². The van der Waals surface area contributed by atoms with E-state index in [4.69, 9.17) is 0 Å². The molecule has 0 fully saturated rings. The van der Waals surface area contributed by atoms with Crippen molar-refractivity contribution in [3.05, 3.63) is 151 Å². The molecule has 0 spiro atoms. The van der Waals surface area contributed by atoms with Crippen LogP contribution in [0.2, 0.25) is 0 Å². The first-order valence-electron chi connectivity index (χ1n) is 14.2. The smallest absolute Gasteiger partial charge is 0.204 e. The van der Waals surface area contributed by atoms with Gasteiger partial charge < -0.3 is 20.6 Å². The molecule has 0 unspecified atom stereocenters. The Kier molecular flexibility index (Phi) is 7.08. The Labute approximate surface area is 268 Å². The van der Waals surface area contributed by atoms with Gasteiger partial charge in [-0.15, -0.1) is 0 Å². The highest BCUT2D eigenvalue weighted by molar-refractivity contribution is 6.15. The second kappa shape index (κ2) is 10.9. The second-order valence-electron chi connectivity index (χ2n) is 11.9. The number of aromatic nitrogens is 2. The van der Waals surface area contributed by atoms with E-state index in [1.54, 1.807) is 12.2 Å². The van der Waals surface area contributed by atoms with Crippen LogP contribution in [0.5, 0.6) is 0 Å². The first kappa shape index (κ1) is 31.8. The number of fused-ring (bicyclic) bond motifs is 8. The molecule has 8 bridgehead atoms. The first-order valence-corrected chi connectivity index (χ1v) is 14.2. The molecule has 0 radical (unpaired) electrons. The molecule has 5 heterocycles. The molecule has 5 nitrogen and oxygen atoms in total. The Morgan fingerprint density at radius 3 is 1.71 bits per heavy atom. The summed E-state index contributed by atoms with van der Waals surface area (Å²) in [5.74, 6) is -24.6. The van der Waals surface area contributed by atoms with Crippen LogP contribution in [0.15, 0.2) is 59.2 Å². The van der Waals surface area contributed by atoms with Crippen LogP contribution in [-0.4, -0.2) is 15.8 Å². The van der Waals surface area contributed by atoms with E-state index in [-0.39, 0.29) is 22.1 Å². The van der Waals surface area contributed by atoms with Crippen LogP contribution in [0.1, 0.15) is 36.4 Å². The van der Waals surface area contributed by atoms with Crippen molar-refractivity contribution in [1.82, 2.24) is 20.6 Å². The maximum absolute atomic E-state index is 15.4. The van der Waals surface area contributed by atoms with Crippen molar-refractivity contribution < 1.29 is 48.7 Å². The predicted molar refractivity (Wildman–Crippen MR) is 155 cm³/mol. The van der Waals surface area contributed by atoms with Gasteiger partial charge in [-0.1, -0.05) is 13.8 Å². The average molecular weight is 689 g/mol. The van der Waals surface area contributed by atoms with Crippen molar-refractivity contribution in [3.63, 3.8) is 0 Å². The highest BCUT2D eigenvalue weighted by Crippen LogP contribution is 2.39. The zero-order valence-electron chi connectivity index (χ0n) is 24.8. The number of carbonyl (C=O) groups is 1. The third kappa shape index (κ3) is 4.82. The fourth-order valence-electron chi connectivity index (χ4n) is 5.94. The number of hydrogen-bond donors (Lipinski definition) is 4. The van der Waals surface area contributed by atoms with Gasteiger partial charge in [-0.2, -0.15) is 0 Å². The molecule has 49 heavy (non-hydrogen) atoms. The van der Waals surface area contributed by atoms with Gasteiger partial charge in [-0.25, -0.2) is 43.9 Å². The zero-order chi connectivity index (χ0) is 35.3. The number of halogens is 10. The lowest BCUT2D eigenvalue weighted by atomic mass is 9.90. The number of allylic oxidation sites excluding steroid dienone is 4. The molecular weight excluding hydrogens is 670 g/mol. The van der Waals surface area contributed by atoms with Crippen LogP contribution in [0.4, 0.5) is 43.9 Å². The van der Waals surface area contributed by atoms with Crippen molar-refractivity contribution in [2.75, 3.05) is 0 Å². The van der Waals surface area contributed by atoms with E-state index in [0.717, 1.165) is 0 Å². The summed E-state index contributed by atoms with van der Waals surface area (Å²) in [6.45, 7) is 3.66. The van der Waals surface area contributed by atoms with Gasteiger partial charge in [0.1, 0.15) is 0 Å².